The van der Waals surface area contributed by atoms with E-state index in [9.17, 15) is 19.5 Å². The van der Waals surface area contributed by atoms with E-state index in [-0.39, 0.29) is 41.5 Å². The van der Waals surface area contributed by atoms with Crippen LogP contribution in [0, 0.1) is 23.2 Å². The van der Waals surface area contributed by atoms with Gasteiger partial charge in [-0.2, -0.15) is 0 Å². The molecule has 19 heavy (non-hydrogen) atoms. The Morgan fingerprint density at radius 3 is 2.21 bits per heavy atom. The molecule has 6 nitrogen and oxygen atoms in total. The second-order valence-electron chi connectivity index (χ2n) is 6.66. The third kappa shape index (κ3) is 1.49. The Kier molecular flexibility index (Phi) is 2.23. The van der Waals surface area contributed by atoms with E-state index in [0.29, 0.717) is 0 Å². The van der Waals surface area contributed by atoms with E-state index in [4.69, 9.17) is 5.73 Å². The average molecular weight is 266 g/mol. The fourth-order valence-corrected chi connectivity index (χ4v) is 3.39. The first-order chi connectivity index (χ1) is 8.71. The van der Waals surface area contributed by atoms with Gasteiger partial charge in [0.1, 0.15) is 5.54 Å². The number of imide groups is 1. The van der Waals surface area contributed by atoms with Crippen molar-refractivity contribution in [3.8, 4) is 0 Å². The smallest absolute Gasteiger partial charge is 0.325 e. The second kappa shape index (κ2) is 3.36. The molecule has 0 bridgehead atoms. The molecule has 3 N–H and O–H groups in total. The number of likely N-dealkylation sites (tertiary alicyclic amines) is 1. The number of rotatable bonds is 4. The largest absolute Gasteiger partial charge is 0.480 e. The zero-order valence-electron chi connectivity index (χ0n) is 11.0. The number of nitrogens with two attached hydrogens (primary N) is 1. The maximum absolute atomic E-state index is 12.2. The van der Waals surface area contributed by atoms with Crippen LogP contribution >= 0.6 is 0 Å². The van der Waals surface area contributed by atoms with Gasteiger partial charge in [-0.25, -0.2) is 0 Å². The molecule has 3 unspecified atom stereocenters. The highest BCUT2D eigenvalue weighted by atomic mass is 16.4. The highest BCUT2D eigenvalue weighted by Crippen LogP contribution is 2.63. The van der Waals surface area contributed by atoms with E-state index in [0.717, 1.165) is 17.7 Å². The van der Waals surface area contributed by atoms with Gasteiger partial charge in [0.2, 0.25) is 11.8 Å². The van der Waals surface area contributed by atoms with Crippen LogP contribution < -0.4 is 5.73 Å². The lowest BCUT2D eigenvalue weighted by Gasteiger charge is -2.30. The number of hydrogen-bond acceptors (Lipinski definition) is 4. The quantitative estimate of drug-likeness (QED) is 0.687. The summed E-state index contributed by atoms with van der Waals surface area (Å²) in [6.07, 6.45) is 1.49. The summed E-state index contributed by atoms with van der Waals surface area (Å²) in [4.78, 5) is 36.8. The van der Waals surface area contributed by atoms with Gasteiger partial charge < -0.3 is 10.8 Å². The van der Waals surface area contributed by atoms with Crippen molar-refractivity contribution in [3.05, 3.63) is 0 Å². The van der Waals surface area contributed by atoms with E-state index < -0.39 is 11.5 Å². The van der Waals surface area contributed by atoms with E-state index in [2.05, 4.69) is 0 Å². The van der Waals surface area contributed by atoms with Crippen molar-refractivity contribution in [2.24, 2.45) is 28.9 Å². The summed E-state index contributed by atoms with van der Waals surface area (Å²) in [5.74, 6) is -2.33. The van der Waals surface area contributed by atoms with Crippen LogP contribution in [0.1, 0.15) is 26.7 Å². The van der Waals surface area contributed by atoms with E-state index >= 15 is 0 Å². The molecule has 0 radical (unpaired) electrons. The Labute approximate surface area is 110 Å². The third-order valence-corrected chi connectivity index (χ3v) is 5.02. The molecule has 3 atom stereocenters. The highest BCUT2D eigenvalue weighted by molar-refractivity contribution is 6.10. The van der Waals surface area contributed by atoms with Gasteiger partial charge in [-0.1, -0.05) is 13.8 Å². The van der Waals surface area contributed by atoms with Gasteiger partial charge in [-0.15, -0.1) is 0 Å². The van der Waals surface area contributed by atoms with Crippen molar-refractivity contribution in [2.75, 3.05) is 6.54 Å². The molecule has 0 aromatic rings. The number of aliphatic carboxylic acids is 1. The summed E-state index contributed by atoms with van der Waals surface area (Å²) in [5.41, 5.74) is 4.18. The van der Waals surface area contributed by atoms with Crippen LogP contribution in [0.25, 0.3) is 0 Å². The topological polar surface area (TPSA) is 101 Å². The summed E-state index contributed by atoms with van der Waals surface area (Å²) in [6.45, 7) is 3.60. The molecule has 0 aromatic heterocycles. The van der Waals surface area contributed by atoms with Crippen molar-refractivity contribution >= 4 is 17.8 Å². The summed E-state index contributed by atoms with van der Waals surface area (Å²) < 4.78 is 0. The maximum Gasteiger partial charge on any atom is 0.325 e. The Hall–Kier alpha value is -1.43. The van der Waals surface area contributed by atoms with Crippen molar-refractivity contribution in [1.29, 1.82) is 0 Å². The molecular weight excluding hydrogens is 248 g/mol. The molecule has 1 heterocycles. The minimum absolute atomic E-state index is 0.129. The minimum atomic E-state index is -1.48. The van der Waals surface area contributed by atoms with Crippen LogP contribution in [0.3, 0.4) is 0 Å². The zero-order chi connectivity index (χ0) is 14.2. The third-order valence-electron chi connectivity index (χ3n) is 5.02. The Balaban J connectivity index is 1.80. The molecule has 1 saturated heterocycles. The molecule has 2 amide bonds. The number of amides is 2. The monoisotopic (exact) mass is 266 g/mol. The fourth-order valence-electron chi connectivity index (χ4n) is 3.39. The number of nitrogens with zero attached hydrogens (tertiary/aromatic N) is 1. The van der Waals surface area contributed by atoms with Crippen molar-refractivity contribution in [2.45, 2.75) is 32.2 Å². The van der Waals surface area contributed by atoms with Gasteiger partial charge in [0.25, 0.3) is 0 Å². The number of carboxylic acids is 1. The SMILES string of the molecule is CC1(C)C2C(=O)N(CC(N)(C(=O)O)C3CC3)C(=O)C21. The second-order valence-corrected chi connectivity index (χ2v) is 6.66. The van der Waals surface area contributed by atoms with Crippen LogP contribution in [0.2, 0.25) is 0 Å². The molecule has 104 valence electrons. The highest BCUT2D eigenvalue weighted by Gasteiger charge is 2.73. The molecule has 3 rings (SSSR count). The van der Waals surface area contributed by atoms with Crippen LogP contribution in [0.4, 0.5) is 0 Å². The van der Waals surface area contributed by atoms with Crippen LogP contribution in [0.5, 0.6) is 0 Å². The first kappa shape index (κ1) is 12.6. The predicted octanol–water partition coefficient (Wildman–Crippen LogP) is -0.180. The molecule has 2 saturated carbocycles. The molecule has 1 aliphatic heterocycles. The summed E-state index contributed by atoms with van der Waals surface area (Å²) in [7, 11) is 0. The van der Waals surface area contributed by atoms with E-state index in [1.54, 1.807) is 0 Å². The molecule has 3 aliphatic rings. The number of fused-ring (bicyclic) bond motifs is 1. The van der Waals surface area contributed by atoms with Crippen molar-refractivity contribution < 1.29 is 19.5 Å². The minimum Gasteiger partial charge on any atom is -0.480 e. The number of carbonyl (C=O) groups excluding carboxylic acids is 2. The number of carboxylic acid groups (broad SMARTS) is 1. The van der Waals surface area contributed by atoms with Crippen molar-refractivity contribution in [3.63, 3.8) is 0 Å². The molecule has 3 fully saturated rings. The van der Waals surface area contributed by atoms with Crippen molar-refractivity contribution in [1.82, 2.24) is 4.90 Å². The lowest BCUT2D eigenvalue weighted by Crippen LogP contribution is -2.59. The van der Waals surface area contributed by atoms with Crippen LogP contribution in [-0.2, 0) is 14.4 Å². The zero-order valence-corrected chi connectivity index (χ0v) is 11.0. The lowest BCUT2D eigenvalue weighted by molar-refractivity contribution is -0.149. The molecule has 0 aromatic carbocycles. The van der Waals surface area contributed by atoms with Gasteiger partial charge in [0, 0.05) is 0 Å². The summed E-state index contributed by atoms with van der Waals surface area (Å²) >= 11 is 0. The van der Waals surface area contributed by atoms with Gasteiger partial charge in [-0.05, 0) is 24.2 Å². The molecule has 2 aliphatic carbocycles. The summed E-state index contributed by atoms with van der Waals surface area (Å²) in [5, 5.41) is 9.28. The van der Waals surface area contributed by atoms with E-state index in [1.165, 1.54) is 0 Å². The average Bonchev–Trinajstić information content (AvgIpc) is 3.17. The Morgan fingerprint density at radius 1 is 1.37 bits per heavy atom. The predicted molar refractivity (Wildman–Crippen MR) is 64.8 cm³/mol. The Morgan fingerprint density at radius 2 is 1.84 bits per heavy atom. The summed E-state index contributed by atoms with van der Waals surface area (Å²) in [6, 6.07) is 0. The lowest BCUT2D eigenvalue weighted by atomic mass is 9.93. The first-order valence-electron chi connectivity index (χ1n) is 6.58. The molecule has 6 heteroatoms. The molecule has 0 spiro atoms. The molecular formula is C13H18N2O4. The Bertz CT molecular complexity index is 473. The number of hydrogen-bond donors (Lipinski definition) is 2. The standard InChI is InChI=1S/C13H18N2O4/c1-12(2)7-8(12)10(17)15(9(7)16)5-13(14,11(18)19)6-3-4-6/h6-8H,3-5,14H2,1-2H3,(H,18,19). The fraction of sp³-hybridized carbons (Fsp3) is 0.769. The van der Waals surface area contributed by atoms with Gasteiger partial charge >= 0.3 is 5.97 Å². The normalized spacial score (nSPS) is 35.0. The van der Waals surface area contributed by atoms with Crippen LogP contribution in [0.15, 0.2) is 0 Å². The number of piperidine rings is 1. The maximum atomic E-state index is 12.2. The van der Waals surface area contributed by atoms with Gasteiger partial charge in [0.05, 0.1) is 18.4 Å². The first-order valence-corrected chi connectivity index (χ1v) is 6.58. The van der Waals surface area contributed by atoms with Gasteiger partial charge in [0.15, 0.2) is 0 Å². The number of carbonyl (C=O) groups is 3. The van der Waals surface area contributed by atoms with Gasteiger partial charge in [-0.3, -0.25) is 19.3 Å². The van der Waals surface area contributed by atoms with E-state index in [1.807, 2.05) is 13.8 Å². The van der Waals surface area contributed by atoms with Crippen LogP contribution in [-0.4, -0.2) is 39.9 Å².